The van der Waals surface area contributed by atoms with Crippen LogP contribution in [0.1, 0.15) is 22.6 Å². The van der Waals surface area contributed by atoms with Crippen LogP contribution in [0.15, 0.2) is 24.3 Å². The van der Waals surface area contributed by atoms with Gasteiger partial charge in [0.1, 0.15) is 0 Å². The Labute approximate surface area is 140 Å². The molecule has 1 aromatic carbocycles. The second-order valence-electron chi connectivity index (χ2n) is 6.03. The third-order valence-corrected chi connectivity index (χ3v) is 4.31. The molecule has 7 heteroatoms. The Hall–Kier alpha value is -1.92. The van der Waals surface area contributed by atoms with Gasteiger partial charge in [-0.25, -0.2) is 0 Å². The third kappa shape index (κ3) is 3.71. The van der Waals surface area contributed by atoms with Crippen LogP contribution in [0.25, 0.3) is 5.69 Å². The molecule has 1 N–H and O–H groups in total. The number of benzene rings is 1. The summed E-state index contributed by atoms with van der Waals surface area (Å²) in [5.41, 5.74) is 1.69. The van der Waals surface area contributed by atoms with Gasteiger partial charge in [0.2, 0.25) is 0 Å². The number of hydrogen-bond acceptors (Lipinski definition) is 4. The smallest absolute Gasteiger partial charge is 0.273 e. The maximum atomic E-state index is 12.3. The summed E-state index contributed by atoms with van der Waals surface area (Å²) in [5, 5.41) is 12.2. The van der Waals surface area contributed by atoms with E-state index in [0.29, 0.717) is 28.9 Å². The number of aryl methyl sites for hydroxylation is 1. The molecule has 1 atom stereocenters. The molecule has 1 fully saturated rings. The molecule has 122 valence electrons. The molecule has 1 aromatic heterocycles. The second-order valence-corrected chi connectivity index (χ2v) is 6.47. The normalized spacial score (nSPS) is 18.3. The lowest BCUT2D eigenvalue weighted by molar-refractivity contribution is 0.0941. The van der Waals surface area contributed by atoms with Gasteiger partial charge in [-0.15, -0.1) is 5.10 Å². The second kappa shape index (κ2) is 6.68. The topological polar surface area (TPSA) is 63.1 Å². The summed E-state index contributed by atoms with van der Waals surface area (Å²) >= 11 is 5.99. The molecule has 2 aromatic rings. The van der Waals surface area contributed by atoms with Crippen LogP contribution in [0.2, 0.25) is 5.02 Å². The van der Waals surface area contributed by atoms with Crippen LogP contribution in [0.4, 0.5) is 0 Å². The monoisotopic (exact) mass is 333 g/mol. The van der Waals surface area contributed by atoms with E-state index < -0.39 is 0 Å². The molecule has 1 aliphatic rings. The van der Waals surface area contributed by atoms with Crippen LogP contribution in [-0.2, 0) is 0 Å². The molecule has 0 radical (unpaired) electrons. The van der Waals surface area contributed by atoms with Crippen molar-refractivity contribution in [3.63, 3.8) is 0 Å². The summed E-state index contributed by atoms with van der Waals surface area (Å²) in [6.07, 6.45) is 1.12. The van der Waals surface area contributed by atoms with E-state index in [0.717, 1.165) is 25.2 Å². The first-order valence-electron chi connectivity index (χ1n) is 7.69. The Morgan fingerprint density at radius 3 is 2.96 bits per heavy atom. The number of likely N-dealkylation sites (tertiary alicyclic amines) is 1. The quantitative estimate of drug-likeness (QED) is 0.928. The molecule has 3 rings (SSSR count). The highest BCUT2D eigenvalue weighted by atomic mass is 35.5. The Balaban J connectivity index is 1.69. The SMILES string of the molecule is Cc1nn(-c2cccc(Cl)c2)nc1C(=O)NCC1CCN(C)C1. The largest absolute Gasteiger partial charge is 0.350 e. The van der Waals surface area contributed by atoms with Crippen LogP contribution in [0.3, 0.4) is 0 Å². The summed E-state index contributed by atoms with van der Waals surface area (Å²) in [4.78, 5) is 16.1. The molecule has 23 heavy (non-hydrogen) atoms. The van der Waals surface area contributed by atoms with Gasteiger partial charge in [-0.2, -0.15) is 9.90 Å². The van der Waals surface area contributed by atoms with Crippen molar-refractivity contribution < 1.29 is 4.79 Å². The van der Waals surface area contributed by atoms with Crippen molar-refractivity contribution in [2.45, 2.75) is 13.3 Å². The number of amides is 1. The lowest BCUT2D eigenvalue weighted by Crippen LogP contribution is -2.31. The maximum Gasteiger partial charge on any atom is 0.273 e. The van der Waals surface area contributed by atoms with Crippen LogP contribution in [-0.4, -0.2) is 52.5 Å². The molecule has 6 nitrogen and oxygen atoms in total. The Morgan fingerprint density at radius 1 is 1.43 bits per heavy atom. The number of aromatic nitrogens is 3. The van der Waals surface area contributed by atoms with Crippen molar-refractivity contribution in [3.8, 4) is 5.69 Å². The highest BCUT2D eigenvalue weighted by molar-refractivity contribution is 6.30. The minimum atomic E-state index is -0.176. The van der Waals surface area contributed by atoms with Gasteiger partial charge < -0.3 is 10.2 Å². The predicted molar refractivity (Wildman–Crippen MR) is 89.0 cm³/mol. The van der Waals surface area contributed by atoms with Gasteiger partial charge >= 0.3 is 0 Å². The van der Waals surface area contributed by atoms with E-state index in [-0.39, 0.29) is 5.91 Å². The van der Waals surface area contributed by atoms with Crippen LogP contribution in [0, 0.1) is 12.8 Å². The van der Waals surface area contributed by atoms with Crippen LogP contribution >= 0.6 is 11.6 Å². The molecule has 1 unspecified atom stereocenters. The van der Waals surface area contributed by atoms with Gasteiger partial charge in [0.25, 0.3) is 5.91 Å². The van der Waals surface area contributed by atoms with E-state index in [9.17, 15) is 4.79 Å². The molecule has 0 bridgehead atoms. The zero-order valence-corrected chi connectivity index (χ0v) is 14.0. The first-order valence-corrected chi connectivity index (χ1v) is 8.07. The minimum absolute atomic E-state index is 0.176. The number of halogens is 1. The average molecular weight is 334 g/mol. The summed E-state index contributed by atoms with van der Waals surface area (Å²) in [6.45, 7) is 4.57. The van der Waals surface area contributed by atoms with E-state index in [1.165, 1.54) is 4.80 Å². The maximum absolute atomic E-state index is 12.3. The zero-order valence-electron chi connectivity index (χ0n) is 13.3. The van der Waals surface area contributed by atoms with E-state index in [4.69, 9.17) is 11.6 Å². The summed E-state index contributed by atoms with van der Waals surface area (Å²) in [6, 6.07) is 7.22. The third-order valence-electron chi connectivity index (χ3n) is 4.08. The highest BCUT2D eigenvalue weighted by Gasteiger charge is 2.22. The summed E-state index contributed by atoms with van der Waals surface area (Å²) in [7, 11) is 2.10. The van der Waals surface area contributed by atoms with Crippen molar-refractivity contribution in [2.75, 3.05) is 26.7 Å². The van der Waals surface area contributed by atoms with Crippen molar-refractivity contribution in [3.05, 3.63) is 40.7 Å². The van der Waals surface area contributed by atoms with Gasteiger partial charge in [-0.1, -0.05) is 17.7 Å². The van der Waals surface area contributed by atoms with E-state index in [1.807, 2.05) is 12.1 Å². The molecule has 1 aliphatic heterocycles. The van der Waals surface area contributed by atoms with Crippen LogP contribution < -0.4 is 5.32 Å². The van der Waals surface area contributed by atoms with Gasteiger partial charge in [0.15, 0.2) is 5.69 Å². The number of nitrogens with one attached hydrogen (secondary N) is 1. The molecule has 0 aliphatic carbocycles. The number of rotatable bonds is 4. The first kappa shape index (κ1) is 16.0. The summed E-state index contributed by atoms with van der Waals surface area (Å²) in [5.74, 6) is 0.331. The number of nitrogens with zero attached hydrogens (tertiary/aromatic N) is 4. The molecular weight excluding hydrogens is 314 g/mol. The number of hydrogen-bond donors (Lipinski definition) is 1. The first-order chi connectivity index (χ1) is 11.0. The average Bonchev–Trinajstić information content (AvgIpc) is 3.11. The van der Waals surface area contributed by atoms with Gasteiger partial charge in [0, 0.05) is 18.1 Å². The predicted octanol–water partition coefficient (Wildman–Crippen LogP) is 1.91. The lowest BCUT2D eigenvalue weighted by atomic mass is 10.1. The fraction of sp³-hybridized carbons (Fsp3) is 0.438. The molecule has 1 amide bonds. The Morgan fingerprint density at radius 2 is 2.26 bits per heavy atom. The van der Waals surface area contributed by atoms with E-state index in [1.54, 1.807) is 19.1 Å². The Bertz CT molecular complexity index is 714. The van der Waals surface area contributed by atoms with Crippen molar-refractivity contribution in [1.29, 1.82) is 0 Å². The lowest BCUT2D eigenvalue weighted by Gasteiger charge is -2.10. The Kier molecular flexibility index (Phi) is 4.63. The molecular formula is C16H20ClN5O. The van der Waals surface area contributed by atoms with Crippen molar-refractivity contribution in [2.24, 2.45) is 5.92 Å². The van der Waals surface area contributed by atoms with Crippen molar-refractivity contribution >= 4 is 17.5 Å². The highest BCUT2D eigenvalue weighted by Crippen LogP contribution is 2.15. The minimum Gasteiger partial charge on any atom is -0.350 e. The zero-order chi connectivity index (χ0) is 16.4. The van der Waals surface area contributed by atoms with Gasteiger partial charge in [-0.3, -0.25) is 4.79 Å². The van der Waals surface area contributed by atoms with Gasteiger partial charge in [0.05, 0.1) is 11.4 Å². The fourth-order valence-corrected chi connectivity index (χ4v) is 3.00. The molecule has 0 saturated carbocycles. The number of carbonyl (C=O) groups is 1. The van der Waals surface area contributed by atoms with Crippen molar-refractivity contribution in [1.82, 2.24) is 25.2 Å². The van der Waals surface area contributed by atoms with Gasteiger partial charge in [-0.05, 0) is 51.1 Å². The molecule has 0 spiro atoms. The summed E-state index contributed by atoms with van der Waals surface area (Å²) < 4.78 is 0. The standard InChI is InChI=1S/C16H20ClN5O/c1-11-15(16(23)18-9-12-6-7-21(2)10-12)20-22(19-11)14-5-3-4-13(17)8-14/h3-5,8,12H,6-7,9-10H2,1-2H3,(H,18,23). The van der Waals surface area contributed by atoms with Crippen LogP contribution in [0.5, 0.6) is 0 Å². The molecule has 1 saturated heterocycles. The van der Waals surface area contributed by atoms with E-state index in [2.05, 4.69) is 27.5 Å². The molecule has 2 heterocycles. The van der Waals surface area contributed by atoms with E-state index >= 15 is 0 Å². The fourth-order valence-electron chi connectivity index (χ4n) is 2.82. The number of carbonyl (C=O) groups excluding carboxylic acids is 1.